The Labute approximate surface area is 258 Å². The second kappa shape index (κ2) is 7.67. The van der Waals surface area contributed by atoms with Gasteiger partial charge in [0, 0.05) is 16.5 Å². The SMILES string of the molecule is Fc1cccc(F)c1B1c2cc3c(cc2-n2c4c1ccc1cccc(c14)n1c4ccccc4nc21)C1CC2CC4CC3CC42C1. The fraction of sp³-hybridized carbons (Fsp3) is 0.256. The third kappa shape index (κ3) is 2.63. The molecule has 5 atom stereocenters. The molecule has 0 saturated heterocycles. The van der Waals surface area contributed by atoms with Crippen LogP contribution in [-0.4, -0.2) is 20.7 Å². The zero-order valence-corrected chi connectivity index (χ0v) is 24.6. The molecular formula is C39H28BF2N3. The van der Waals surface area contributed by atoms with Crippen molar-refractivity contribution in [2.24, 2.45) is 17.3 Å². The first-order valence-electron chi connectivity index (χ1n) is 16.5. The third-order valence-corrected chi connectivity index (χ3v) is 13.1. The molecule has 0 radical (unpaired) electrons. The minimum atomic E-state index is -0.560. The summed E-state index contributed by atoms with van der Waals surface area (Å²) in [7, 11) is 0. The van der Waals surface area contributed by atoms with Gasteiger partial charge in [-0.05, 0) is 125 Å². The fourth-order valence-corrected chi connectivity index (χ4v) is 11.4. The Morgan fingerprint density at radius 3 is 2.29 bits per heavy atom. The summed E-state index contributed by atoms with van der Waals surface area (Å²) in [4.78, 5) is 5.27. The summed E-state index contributed by atoms with van der Waals surface area (Å²) in [6, 6.07) is 28.1. The van der Waals surface area contributed by atoms with Crippen LogP contribution < -0.4 is 16.4 Å². The van der Waals surface area contributed by atoms with Gasteiger partial charge < -0.3 is 0 Å². The predicted octanol–water partition coefficient (Wildman–Crippen LogP) is 7.08. The lowest BCUT2D eigenvalue weighted by Gasteiger charge is -2.48. The summed E-state index contributed by atoms with van der Waals surface area (Å²) in [6.07, 6.45) is 6.52. The van der Waals surface area contributed by atoms with Gasteiger partial charge in [0.1, 0.15) is 11.6 Å². The molecule has 0 amide bonds. The topological polar surface area (TPSA) is 22.2 Å². The summed E-state index contributed by atoms with van der Waals surface area (Å²) in [5.41, 5.74) is 10.6. The quantitative estimate of drug-likeness (QED) is 0.188. The molecule has 1 spiro atoms. The van der Waals surface area contributed by atoms with Gasteiger partial charge in [0.15, 0.2) is 0 Å². The Morgan fingerprint density at radius 1 is 0.733 bits per heavy atom. The lowest BCUT2D eigenvalue weighted by molar-refractivity contribution is 0.00322. The maximum absolute atomic E-state index is 16.0. The molecule has 4 aliphatic carbocycles. The van der Waals surface area contributed by atoms with Crippen LogP contribution in [0.25, 0.3) is 44.3 Å². The Hall–Kier alpha value is -4.45. The van der Waals surface area contributed by atoms with Crippen LogP contribution >= 0.6 is 0 Å². The molecule has 1 aliphatic heterocycles. The highest BCUT2D eigenvalue weighted by Crippen LogP contribution is 2.76. The number of fused-ring (bicyclic) bond motifs is 12. The molecular weight excluding hydrogens is 559 g/mol. The smallest absolute Gasteiger partial charge is 0.254 e. The molecule has 45 heavy (non-hydrogen) atoms. The highest BCUT2D eigenvalue weighted by molar-refractivity contribution is 6.98. The van der Waals surface area contributed by atoms with Gasteiger partial charge in [-0.25, -0.2) is 13.8 Å². The van der Waals surface area contributed by atoms with Gasteiger partial charge in [-0.2, -0.15) is 0 Å². The van der Waals surface area contributed by atoms with E-state index in [4.69, 9.17) is 4.98 Å². The van der Waals surface area contributed by atoms with Gasteiger partial charge >= 0.3 is 0 Å². The number of rotatable bonds is 1. The van der Waals surface area contributed by atoms with Crippen LogP contribution in [0.4, 0.5) is 8.78 Å². The first kappa shape index (κ1) is 23.9. The van der Waals surface area contributed by atoms with E-state index in [1.54, 1.807) is 0 Å². The lowest BCUT2D eigenvalue weighted by atomic mass is 9.35. The van der Waals surface area contributed by atoms with Crippen LogP contribution in [0.3, 0.4) is 0 Å². The van der Waals surface area contributed by atoms with Crippen molar-refractivity contribution in [1.82, 2.24) is 14.0 Å². The van der Waals surface area contributed by atoms with Crippen LogP contribution in [0.1, 0.15) is 55.1 Å². The summed E-state index contributed by atoms with van der Waals surface area (Å²) in [6.45, 7) is -0.560. The van der Waals surface area contributed by atoms with Crippen LogP contribution in [0.2, 0.25) is 0 Å². The Bertz CT molecular complexity index is 2490. The second-order valence-corrected chi connectivity index (χ2v) is 14.7. The lowest BCUT2D eigenvalue weighted by Crippen LogP contribution is -2.58. The maximum atomic E-state index is 16.0. The van der Waals surface area contributed by atoms with Crippen LogP contribution in [0.5, 0.6) is 0 Å². The van der Waals surface area contributed by atoms with E-state index in [1.807, 2.05) is 6.07 Å². The molecule has 3 fully saturated rings. The number of hydrogen-bond acceptors (Lipinski definition) is 1. The Balaban J connectivity index is 1.29. The standard InChI is InChI=1S/C39H28BF2N3/c41-29-6-4-7-30(42)36(29)40-27-12-11-20-5-3-10-33-35(20)37(27)45(38-43-31-8-1-2-9-32(31)44(33)38)34-17-26-22-14-24-15-23-13-21(18-39(23,24)19-22)25(26)16-28(34)40/h1-12,16-17,21-24H,13-15,18-19H2. The molecule has 5 unspecified atom stereocenters. The molecule has 216 valence electrons. The molecule has 3 heterocycles. The van der Waals surface area contributed by atoms with E-state index in [0.29, 0.717) is 17.3 Å². The highest BCUT2D eigenvalue weighted by Gasteiger charge is 2.65. The van der Waals surface area contributed by atoms with E-state index in [9.17, 15) is 0 Å². The van der Waals surface area contributed by atoms with Gasteiger partial charge in [0.2, 0.25) is 5.78 Å². The van der Waals surface area contributed by atoms with Crippen molar-refractivity contribution >= 4 is 61.7 Å². The number of imidazole rings is 1. The number of hydrogen-bond donors (Lipinski definition) is 0. The second-order valence-electron chi connectivity index (χ2n) is 14.7. The van der Waals surface area contributed by atoms with Crippen LogP contribution in [-0.2, 0) is 0 Å². The van der Waals surface area contributed by atoms with Gasteiger partial charge in [-0.15, -0.1) is 0 Å². The molecule has 6 heteroatoms. The summed E-state index contributed by atoms with van der Waals surface area (Å²) in [5, 5.41) is 2.22. The van der Waals surface area contributed by atoms with Crippen molar-refractivity contribution in [1.29, 1.82) is 0 Å². The first-order chi connectivity index (χ1) is 22.1. The summed E-state index contributed by atoms with van der Waals surface area (Å²) >= 11 is 0. The van der Waals surface area contributed by atoms with Crippen LogP contribution in [0.15, 0.2) is 84.9 Å². The molecule has 5 aromatic carbocycles. The largest absolute Gasteiger partial charge is 0.281 e. The van der Waals surface area contributed by atoms with E-state index in [-0.39, 0.29) is 5.46 Å². The normalized spacial score (nSPS) is 26.9. The number of aromatic nitrogens is 3. The van der Waals surface area contributed by atoms with Crippen molar-refractivity contribution in [3.63, 3.8) is 0 Å². The van der Waals surface area contributed by atoms with Gasteiger partial charge in [-0.1, -0.05) is 48.5 Å². The van der Waals surface area contributed by atoms with Crippen LogP contribution in [0, 0.1) is 28.9 Å². The average Bonchev–Trinajstić information content (AvgIpc) is 3.66. The number of nitrogens with zero attached hydrogens (tertiary/aromatic N) is 3. The Morgan fingerprint density at radius 2 is 1.47 bits per heavy atom. The van der Waals surface area contributed by atoms with Crippen molar-refractivity contribution in [2.75, 3.05) is 0 Å². The summed E-state index contributed by atoms with van der Waals surface area (Å²) < 4.78 is 36.6. The first-order valence-corrected chi connectivity index (χ1v) is 16.5. The van der Waals surface area contributed by atoms with Gasteiger partial charge in [-0.3, -0.25) is 8.97 Å². The summed E-state index contributed by atoms with van der Waals surface area (Å²) in [5.74, 6) is 2.69. The number of para-hydroxylation sites is 2. The minimum Gasteiger partial charge on any atom is -0.281 e. The van der Waals surface area contributed by atoms with E-state index in [1.165, 1.54) is 61.4 Å². The van der Waals surface area contributed by atoms with E-state index in [2.05, 4.69) is 69.6 Å². The van der Waals surface area contributed by atoms with E-state index < -0.39 is 18.3 Å². The van der Waals surface area contributed by atoms with E-state index in [0.717, 1.165) is 67.1 Å². The van der Waals surface area contributed by atoms with E-state index >= 15 is 8.78 Å². The predicted molar refractivity (Wildman–Crippen MR) is 176 cm³/mol. The zero-order chi connectivity index (χ0) is 29.3. The average molecular weight is 587 g/mol. The molecule has 12 rings (SSSR count). The highest BCUT2D eigenvalue weighted by atomic mass is 19.1. The monoisotopic (exact) mass is 587 g/mol. The maximum Gasteiger partial charge on any atom is 0.254 e. The number of benzene rings is 5. The fourth-order valence-electron chi connectivity index (χ4n) is 11.4. The minimum absolute atomic E-state index is 0.144. The molecule has 3 nitrogen and oxygen atoms in total. The zero-order valence-electron chi connectivity index (χ0n) is 24.6. The molecule has 0 N–H and O–H groups in total. The van der Waals surface area contributed by atoms with Crippen molar-refractivity contribution in [2.45, 2.75) is 43.9 Å². The molecule has 7 aromatic rings. The van der Waals surface area contributed by atoms with Gasteiger partial charge in [0.25, 0.3) is 6.71 Å². The number of halogens is 2. The third-order valence-electron chi connectivity index (χ3n) is 13.1. The molecule has 2 aromatic heterocycles. The molecule has 5 aliphatic rings. The molecule has 3 bridgehead atoms. The molecule has 3 saturated carbocycles. The Kier molecular flexibility index (Phi) is 4.07. The van der Waals surface area contributed by atoms with Crippen molar-refractivity contribution in [3.8, 4) is 5.69 Å². The van der Waals surface area contributed by atoms with Gasteiger partial charge in [0.05, 0.1) is 22.1 Å². The van der Waals surface area contributed by atoms with Crippen molar-refractivity contribution < 1.29 is 8.78 Å². The van der Waals surface area contributed by atoms with Crippen molar-refractivity contribution in [3.05, 3.63) is 108 Å².